The van der Waals surface area contributed by atoms with Gasteiger partial charge in [0, 0.05) is 17.3 Å². The standard InChI is InChI=1S/C9H15ClO3S/c10-14(11,12)7-8-2-5-13-9(6-8)3-1-4-9/h8H,1-7H2. The highest BCUT2D eigenvalue weighted by Gasteiger charge is 2.43. The Kier molecular flexibility index (Phi) is 2.79. The fourth-order valence-corrected chi connectivity index (χ4v) is 3.85. The van der Waals surface area contributed by atoms with Gasteiger partial charge < -0.3 is 4.74 Å². The topological polar surface area (TPSA) is 43.4 Å². The van der Waals surface area contributed by atoms with Gasteiger partial charge in [0.1, 0.15) is 0 Å². The maximum atomic E-state index is 10.9. The van der Waals surface area contributed by atoms with E-state index in [2.05, 4.69) is 0 Å². The van der Waals surface area contributed by atoms with Gasteiger partial charge in [0.05, 0.1) is 11.4 Å². The Bertz CT molecular complexity index is 308. The minimum absolute atomic E-state index is 0.0183. The van der Waals surface area contributed by atoms with Crippen molar-refractivity contribution in [1.29, 1.82) is 0 Å². The summed E-state index contributed by atoms with van der Waals surface area (Å²) in [5.74, 6) is 0.311. The Labute approximate surface area is 89.2 Å². The number of hydrogen-bond acceptors (Lipinski definition) is 3. The molecule has 1 aliphatic carbocycles. The van der Waals surface area contributed by atoms with E-state index in [1.54, 1.807) is 0 Å². The highest BCUT2D eigenvalue weighted by molar-refractivity contribution is 8.13. The molecule has 1 spiro atoms. The van der Waals surface area contributed by atoms with Crippen molar-refractivity contribution in [3.63, 3.8) is 0 Å². The smallest absolute Gasteiger partial charge is 0.232 e. The van der Waals surface area contributed by atoms with Gasteiger partial charge in [-0.25, -0.2) is 8.42 Å². The summed E-state index contributed by atoms with van der Waals surface area (Å²) >= 11 is 0. The molecule has 82 valence electrons. The van der Waals surface area contributed by atoms with Gasteiger partial charge in [-0.3, -0.25) is 0 Å². The van der Waals surface area contributed by atoms with Crippen LogP contribution in [0.1, 0.15) is 32.1 Å². The third kappa shape index (κ3) is 2.41. The van der Waals surface area contributed by atoms with Gasteiger partial charge in [-0.05, 0) is 38.0 Å². The lowest BCUT2D eigenvalue weighted by Crippen LogP contribution is -2.46. The van der Waals surface area contributed by atoms with Gasteiger partial charge in [-0.2, -0.15) is 0 Å². The number of hydrogen-bond donors (Lipinski definition) is 0. The molecule has 1 aliphatic heterocycles. The van der Waals surface area contributed by atoms with Crippen LogP contribution in [0, 0.1) is 5.92 Å². The Morgan fingerprint density at radius 3 is 2.64 bits per heavy atom. The minimum Gasteiger partial charge on any atom is -0.375 e. The molecular formula is C9H15ClO3S. The quantitative estimate of drug-likeness (QED) is 0.691. The highest BCUT2D eigenvalue weighted by Crippen LogP contribution is 2.44. The Hall–Kier alpha value is 0.200. The Morgan fingerprint density at radius 1 is 1.43 bits per heavy atom. The molecular weight excluding hydrogens is 224 g/mol. The summed E-state index contributed by atoms with van der Waals surface area (Å²) in [5, 5.41) is 0. The maximum Gasteiger partial charge on any atom is 0.232 e. The molecule has 0 amide bonds. The summed E-state index contributed by atoms with van der Waals surface area (Å²) in [6.45, 7) is 0.692. The lowest BCUT2D eigenvalue weighted by molar-refractivity contribution is -0.140. The summed E-state index contributed by atoms with van der Waals surface area (Å²) in [4.78, 5) is 0. The van der Waals surface area contributed by atoms with Crippen molar-refractivity contribution in [2.75, 3.05) is 12.4 Å². The summed E-state index contributed by atoms with van der Waals surface area (Å²) in [7, 11) is 1.91. The van der Waals surface area contributed by atoms with E-state index in [0.29, 0.717) is 6.61 Å². The van der Waals surface area contributed by atoms with Crippen molar-refractivity contribution in [3.05, 3.63) is 0 Å². The van der Waals surface area contributed by atoms with Gasteiger partial charge >= 0.3 is 0 Å². The second-order valence-electron chi connectivity index (χ2n) is 4.45. The van der Waals surface area contributed by atoms with Crippen LogP contribution >= 0.6 is 10.7 Å². The summed E-state index contributed by atoms with van der Waals surface area (Å²) in [6, 6.07) is 0. The van der Waals surface area contributed by atoms with Crippen LogP contribution < -0.4 is 0 Å². The van der Waals surface area contributed by atoms with Crippen LogP contribution in [-0.4, -0.2) is 26.4 Å². The van der Waals surface area contributed by atoms with Crippen LogP contribution in [0.3, 0.4) is 0 Å². The third-order valence-electron chi connectivity index (χ3n) is 3.29. The molecule has 2 aliphatic rings. The van der Waals surface area contributed by atoms with Crippen molar-refractivity contribution in [2.24, 2.45) is 5.92 Å². The van der Waals surface area contributed by atoms with E-state index in [9.17, 15) is 8.42 Å². The molecule has 3 nitrogen and oxygen atoms in total. The molecule has 2 rings (SSSR count). The van der Waals surface area contributed by atoms with Gasteiger partial charge in [0.25, 0.3) is 0 Å². The predicted molar refractivity (Wildman–Crippen MR) is 54.9 cm³/mol. The zero-order valence-electron chi connectivity index (χ0n) is 8.04. The van der Waals surface area contributed by atoms with Crippen molar-refractivity contribution >= 4 is 19.7 Å². The van der Waals surface area contributed by atoms with Crippen LogP contribution in [0.25, 0.3) is 0 Å². The van der Waals surface area contributed by atoms with Gasteiger partial charge in [0.15, 0.2) is 0 Å². The minimum atomic E-state index is -3.34. The van der Waals surface area contributed by atoms with E-state index in [1.807, 2.05) is 0 Å². The third-order valence-corrected chi connectivity index (χ3v) is 4.54. The van der Waals surface area contributed by atoms with Gasteiger partial charge in [-0.1, -0.05) is 0 Å². The second-order valence-corrected chi connectivity index (χ2v) is 7.27. The normalized spacial score (nSPS) is 31.4. The molecule has 1 saturated heterocycles. The molecule has 1 heterocycles. The first-order valence-electron chi connectivity index (χ1n) is 5.05. The average molecular weight is 239 g/mol. The van der Waals surface area contributed by atoms with Crippen molar-refractivity contribution in [2.45, 2.75) is 37.7 Å². The zero-order chi connectivity index (χ0) is 10.2. The molecule has 2 fully saturated rings. The fourth-order valence-electron chi connectivity index (χ4n) is 2.47. The summed E-state index contributed by atoms with van der Waals surface area (Å²) in [5.41, 5.74) is 0.0183. The lowest BCUT2D eigenvalue weighted by atomic mass is 9.72. The van der Waals surface area contributed by atoms with Crippen molar-refractivity contribution in [3.8, 4) is 0 Å². The fraction of sp³-hybridized carbons (Fsp3) is 1.00. The zero-order valence-corrected chi connectivity index (χ0v) is 9.61. The van der Waals surface area contributed by atoms with E-state index >= 15 is 0 Å². The first kappa shape index (κ1) is 10.7. The monoisotopic (exact) mass is 238 g/mol. The molecule has 14 heavy (non-hydrogen) atoms. The molecule has 0 radical (unpaired) electrons. The van der Waals surface area contributed by atoms with E-state index in [-0.39, 0.29) is 17.3 Å². The first-order valence-corrected chi connectivity index (χ1v) is 7.53. The molecule has 0 aromatic carbocycles. The van der Waals surface area contributed by atoms with Crippen LogP contribution in [0.4, 0.5) is 0 Å². The van der Waals surface area contributed by atoms with Crippen molar-refractivity contribution in [1.82, 2.24) is 0 Å². The molecule has 1 unspecified atom stereocenters. The lowest BCUT2D eigenvalue weighted by Gasteiger charge is -2.47. The predicted octanol–water partition coefficient (Wildman–Crippen LogP) is 1.90. The second kappa shape index (κ2) is 3.65. The molecule has 1 saturated carbocycles. The molecule has 1 atom stereocenters. The van der Waals surface area contributed by atoms with Crippen LogP contribution in [0.5, 0.6) is 0 Å². The van der Waals surface area contributed by atoms with Gasteiger partial charge in [-0.15, -0.1) is 0 Å². The van der Waals surface area contributed by atoms with Gasteiger partial charge in [0.2, 0.25) is 9.05 Å². The summed E-state index contributed by atoms with van der Waals surface area (Å²) in [6.07, 6.45) is 5.09. The number of ether oxygens (including phenoxy) is 1. The van der Waals surface area contributed by atoms with Crippen LogP contribution in [0.2, 0.25) is 0 Å². The molecule has 5 heteroatoms. The van der Waals surface area contributed by atoms with Crippen LogP contribution in [-0.2, 0) is 13.8 Å². The first-order chi connectivity index (χ1) is 6.49. The number of rotatable bonds is 2. The molecule has 0 aromatic heterocycles. The Balaban J connectivity index is 1.94. The largest absolute Gasteiger partial charge is 0.375 e. The maximum absolute atomic E-state index is 10.9. The molecule has 0 bridgehead atoms. The number of halogens is 1. The summed E-state index contributed by atoms with van der Waals surface area (Å²) < 4.78 is 27.6. The molecule has 0 aromatic rings. The van der Waals surface area contributed by atoms with Crippen LogP contribution in [0.15, 0.2) is 0 Å². The Morgan fingerprint density at radius 2 is 2.14 bits per heavy atom. The molecule has 0 N–H and O–H groups in total. The average Bonchev–Trinajstić information content (AvgIpc) is 1.99. The highest BCUT2D eigenvalue weighted by atomic mass is 35.7. The van der Waals surface area contributed by atoms with E-state index in [4.69, 9.17) is 15.4 Å². The van der Waals surface area contributed by atoms with E-state index in [0.717, 1.165) is 25.7 Å². The van der Waals surface area contributed by atoms with E-state index < -0.39 is 9.05 Å². The van der Waals surface area contributed by atoms with Crippen molar-refractivity contribution < 1.29 is 13.2 Å². The SMILES string of the molecule is O=S(=O)(Cl)CC1CCOC2(CCC2)C1. The van der Waals surface area contributed by atoms with E-state index in [1.165, 1.54) is 6.42 Å².